The van der Waals surface area contributed by atoms with E-state index in [4.69, 9.17) is 0 Å². The number of allylic oxidation sites excluding steroid dienone is 2. The minimum atomic E-state index is 0.657. The van der Waals surface area contributed by atoms with Gasteiger partial charge in [-0.05, 0) is 25.2 Å². The first-order chi connectivity index (χ1) is 14.3. The van der Waals surface area contributed by atoms with Gasteiger partial charge < -0.3 is 10.6 Å². The molecule has 0 heterocycles. The van der Waals surface area contributed by atoms with E-state index in [1.807, 2.05) is 0 Å². The molecule has 0 amide bonds. The van der Waals surface area contributed by atoms with Crippen molar-refractivity contribution >= 4 is 0 Å². The van der Waals surface area contributed by atoms with Crippen molar-refractivity contribution in [2.75, 3.05) is 13.1 Å². The normalized spacial score (nSPS) is 16.4. The molecule has 0 radical (unpaired) electrons. The fraction of sp³-hybridized carbons (Fsp3) is 0.852. The van der Waals surface area contributed by atoms with E-state index in [1.165, 1.54) is 121 Å². The van der Waals surface area contributed by atoms with Crippen LogP contribution in [0.2, 0.25) is 0 Å². The molecule has 0 aromatic carbocycles. The van der Waals surface area contributed by atoms with Gasteiger partial charge in [-0.2, -0.15) is 0 Å². The van der Waals surface area contributed by atoms with Crippen molar-refractivity contribution in [3.8, 4) is 0 Å². The number of hydrogen-bond acceptors (Lipinski definition) is 2. The van der Waals surface area contributed by atoms with E-state index in [0.29, 0.717) is 5.92 Å². The van der Waals surface area contributed by atoms with Crippen LogP contribution in [0.15, 0.2) is 23.5 Å². The van der Waals surface area contributed by atoms with Gasteiger partial charge in [-0.15, -0.1) is 0 Å². The lowest BCUT2D eigenvalue weighted by Gasteiger charge is -2.22. The molecule has 1 unspecified atom stereocenters. The third kappa shape index (κ3) is 14.7. The van der Waals surface area contributed by atoms with Crippen molar-refractivity contribution < 1.29 is 0 Å². The second-order valence-corrected chi connectivity index (χ2v) is 9.21. The molecule has 1 rings (SSSR count). The van der Waals surface area contributed by atoms with Gasteiger partial charge in [0.25, 0.3) is 0 Å². The van der Waals surface area contributed by atoms with E-state index in [1.54, 1.807) is 0 Å². The van der Waals surface area contributed by atoms with Gasteiger partial charge in [0.05, 0.1) is 11.4 Å². The zero-order valence-electron chi connectivity index (χ0n) is 20.2. The second-order valence-electron chi connectivity index (χ2n) is 9.21. The number of nitrogens with one attached hydrogen (secondary N) is 2. The fourth-order valence-corrected chi connectivity index (χ4v) is 4.14. The monoisotopic (exact) mass is 404 g/mol. The van der Waals surface area contributed by atoms with E-state index < -0.39 is 0 Å². The van der Waals surface area contributed by atoms with Crippen LogP contribution in [0, 0.1) is 5.92 Å². The summed E-state index contributed by atoms with van der Waals surface area (Å²) in [5.41, 5.74) is 2.71. The third-order valence-corrected chi connectivity index (χ3v) is 6.13. The highest BCUT2D eigenvalue weighted by Gasteiger charge is 2.12. The van der Waals surface area contributed by atoms with Gasteiger partial charge in [-0.25, -0.2) is 0 Å². The Balaban J connectivity index is 2.09. The molecule has 1 aliphatic rings. The molecule has 29 heavy (non-hydrogen) atoms. The molecule has 170 valence electrons. The van der Waals surface area contributed by atoms with Gasteiger partial charge in [0.15, 0.2) is 0 Å². The van der Waals surface area contributed by atoms with Crippen LogP contribution in [0.1, 0.15) is 130 Å². The Morgan fingerprint density at radius 1 is 0.621 bits per heavy atom. The highest BCUT2D eigenvalue weighted by Crippen LogP contribution is 2.20. The van der Waals surface area contributed by atoms with E-state index in [0.717, 1.165) is 13.1 Å². The van der Waals surface area contributed by atoms with Gasteiger partial charge in [0.2, 0.25) is 0 Å². The standard InChI is InChI=1S/C27H52N2/c1-4-6-8-10-12-14-16-18-22-28-26-21-20-25(3)24-27(26)29-23-19-17-15-13-11-9-7-5-2/h21,24-25,28-29H,4-20,22-23H2,1-3H3. The smallest absolute Gasteiger partial charge is 0.0535 e. The minimum absolute atomic E-state index is 0.657. The molecular formula is C27H52N2. The van der Waals surface area contributed by atoms with Crippen molar-refractivity contribution in [1.82, 2.24) is 10.6 Å². The van der Waals surface area contributed by atoms with Crippen molar-refractivity contribution in [3.05, 3.63) is 23.5 Å². The highest BCUT2D eigenvalue weighted by molar-refractivity contribution is 5.31. The highest BCUT2D eigenvalue weighted by atomic mass is 15.0. The van der Waals surface area contributed by atoms with Crippen LogP contribution in [0.4, 0.5) is 0 Å². The Labute approximate surface area is 183 Å². The maximum absolute atomic E-state index is 3.72. The van der Waals surface area contributed by atoms with Crippen molar-refractivity contribution in [2.45, 2.75) is 130 Å². The van der Waals surface area contributed by atoms with Crippen molar-refractivity contribution in [2.24, 2.45) is 5.92 Å². The molecule has 0 aliphatic heterocycles. The van der Waals surface area contributed by atoms with Gasteiger partial charge in [0.1, 0.15) is 0 Å². The summed E-state index contributed by atoms with van der Waals surface area (Å²) >= 11 is 0. The van der Waals surface area contributed by atoms with E-state index in [-0.39, 0.29) is 0 Å². The summed E-state index contributed by atoms with van der Waals surface area (Å²) in [6, 6.07) is 0. The predicted molar refractivity (Wildman–Crippen MR) is 131 cm³/mol. The first-order valence-electron chi connectivity index (χ1n) is 13.2. The van der Waals surface area contributed by atoms with E-state index >= 15 is 0 Å². The molecular weight excluding hydrogens is 352 g/mol. The zero-order chi connectivity index (χ0) is 21.0. The van der Waals surface area contributed by atoms with E-state index in [2.05, 4.69) is 43.6 Å². The Hall–Kier alpha value is -0.920. The summed E-state index contributed by atoms with van der Waals surface area (Å²) in [6.07, 6.45) is 28.2. The summed E-state index contributed by atoms with van der Waals surface area (Å²) in [5, 5.41) is 7.44. The Morgan fingerprint density at radius 3 is 1.52 bits per heavy atom. The molecule has 0 saturated heterocycles. The SMILES string of the molecule is CCCCCCCCCCNC1=CCC(C)C=C1NCCCCCCCCCC. The molecule has 0 fully saturated rings. The third-order valence-electron chi connectivity index (χ3n) is 6.13. The van der Waals surface area contributed by atoms with Crippen LogP contribution >= 0.6 is 0 Å². The van der Waals surface area contributed by atoms with Gasteiger partial charge in [-0.3, -0.25) is 0 Å². The molecule has 2 heteroatoms. The molecule has 1 atom stereocenters. The summed E-state index contributed by atoms with van der Waals surface area (Å²) in [4.78, 5) is 0. The van der Waals surface area contributed by atoms with Crippen molar-refractivity contribution in [3.63, 3.8) is 0 Å². The van der Waals surface area contributed by atoms with E-state index in [9.17, 15) is 0 Å². The molecule has 2 N–H and O–H groups in total. The quantitative estimate of drug-likeness (QED) is 0.200. The Morgan fingerprint density at radius 2 is 1.03 bits per heavy atom. The zero-order valence-corrected chi connectivity index (χ0v) is 20.2. The lowest BCUT2D eigenvalue weighted by atomic mass is 9.98. The molecule has 0 aromatic rings. The molecule has 0 bridgehead atoms. The first-order valence-corrected chi connectivity index (χ1v) is 13.2. The van der Waals surface area contributed by atoms with Crippen LogP contribution in [-0.4, -0.2) is 13.1 Å². The van der Waals surface area contributed by atoms with Gasteiger partial charge >= 0.3 is 0 Å². The van der Waals surface area contributed by atoms with Gasteiger partial charge in [-0.1, -0.05) is 123 Å². The average molecular weight is 405 g/mol. The molecule has 1 aliphatic carbocycles. The lowest BCUT2D eigenvalue weighted by molar-refractivity contribution is 0.557. The summed E-state index contributed by atoms with van der Waals surface area (Å²) in [6.45, 7) is 9.14. The summed E-state index contributed by atoms with van der Waals surface area (Å²) in [7, 11) is 0. The van der Waals surface area contributed by atoms with Crippen LogP contribution in [0.5, 0.6) is 0 Å². The lowest BCUT2D eigenvalue weighted by Crippen LogP contribution is -2.27. The molecule has 0 spiro atoms. The van der Waals surface area contributed by atoms with Crippen LogP contribution < -0.4 is 10.6 Å². The number of hydrogen-bond donors (Lipinski definition) is 2. The maximum atomic E-state index is 3.72. The van der Waals surface area contributed by atoms with Crippen LogP contribution in [-0.2, 0) is 0 Å². The largest absolute Gasteiger partial charge is 0.384 e. The van der Waals surface area contributed by atoms with Crippen molar-refractivity contribution in [1.29, 1.82) is 0 Å². The Kier molecular flexibility index (Phi) is 17.2. The minimum Gasteiger partial charge on any atom is -0.384 e. The number of rotatable bonds is 20. The molecule has 0 saturated carbocycles. The maximum Gasteiger partial charge on any atom is 0.0535 e. The van der Waals surface area contributed by atoms with Crippen LogP contribution in [0.25, 0.3) is 0 Å². The fourth-order valence-electron chi connectivity index (χ4n) is 4.14. The first kappa shape index (κ1) is 26.1. The van der Waals surface area contributed by atoms with Crippen LogP contribution in [0.3, 0.4) is 0 Å². The number of unbranched alkanes of at least 4 members (excludes halogenated alkanes) is 14. The Bertz CT molecular complexity index is 424. The average Bonchev–Trinajstić information content (AvgIpc) is 2.72. The topological polar surface area (TPSA) is 24.1 Å². The molecule has 0 aromatic heterocycles. The molecule has 2 nitrogen and oxygen atoms in total. The summed E-state index contributed by atoms with van der Waals surface area (Å²) < 4.78 is 0. The second kappa shape index (κ2) is 19.1. The predicted octanol–water partition coefficient (Wildman–Crippen LogP) is 8.25. The van der Waals surface area contributed by atoms with Gasteiger partial charge in [0, 0.05) is 13.1 Å². The summed E-state index contributed by atoms with van der Waals surface area (Å²) in [5.74, 6) is 0.657.